The Labute approximate surface area is 117 Å². The van der Waals surface area contributed by atoms with Crippen molar-refractivity contribution in [3.05, 3.63) is 0 Å². The molecule has 4 heteroatoms. The van der Waals surface area contributed by atoms with E-state index in [0.717, 1.165) is 44.7 Å². The third kappa shape index (κ3) is 3.29. The molecule has 110 valence electrons. The highest BCUT2D eigenvalue weighted by Gasteiger charge is 2.38. The first-order valence-corrected chi connectivity index (χ1v) is 7.76. The predicted octanol–water partition coefficient (Wildman–Crippen LogP) is 1.45. The Morgan fingerprint density at radius 3 is 2.63 bits per heavy atom. The lowest BCUT2D eigenvalue weighted by Crippen LogP contribution is -2.57. The molecule has 0 bridgehead atoms. The first-order valence-electron chi connectivity index (χ1n) is 7.76. The van der Waals surface area contributed by atoms with E-state index in [1.807, 2.05) is 4.90 Å². The smallest absolute Gasteiger partial charge is 0.236 e. The van der Waals surface area contributed by atoms with Crippen molar-refractivity contribution in [1.82, 2.24) is 9.80 Å². The lowest BCUT2D eigenvalue weighted by Gasteiger charge is -2.46. The average Bonchev–Trinajstić information content (AvgIpc) is 2.92. The standard InChI is InChI=1S/C15H29N3O/c1-13-6-5-7-15(10-13,12-16)17(2)11-14(19)18-8-3-4-9-18/h13H,3-12,16H2,1-2H3. The van der Waals surface area contributed by atoms with Crippen LogP contribution in [0.4, 0.5) is 0 Å². The van der Waals surface area contributed by atoms with Crippen LogP contribution >= 0.6 is 0 Å². The quantitative estimate of drug-likeness (QED) is 0.838. The molecular weight excluding hydrogens is 238 g/mol. The summed E-state index contributed by atoms with van der Waals surface area (Å²) in [5.74, 6) is 1.01. The second kappa shape index (κ2) is 6.23. The molecule has 2 aliphatic rings. The molecule has 1 saturated heterocycles. The van der Waals surface area contributed by atoms with Gasteiger partial charge < -0.3 is 10.6 Å². The van der Waals surface area contributed by atoms with Crippen molar-refractivity contribution < 1.29 is 4.79 Å². The molecule has 1 aliphatic heterocycles. The largest absolute Gasteiger partial charge is 0.342 e. The van der Waals surface area contributed by atoms with E-state index in [0.29, 0.717) is 13.1 Å². The molecule has 19 heavy (non-hydrogen) atoms. The molecule has 2 rings (SSSR count). The summed E-state index contributed by atoms with van der Waals surface area (Å²) >= 11 is 0. The zero-order chi connectivity index (χ0) is 13.9. The fraction of sp³-hybridized carbons (Fsp3) is 0.933. The zero-order valence-electron chi connectivity index (χ0n) is 12.5. The van der Waals surface area contributed by atoms with Crippen molar-refractivity contribution in [3.8, 4) is 0 Å². The van der Waals surface area contributed by atoms with Crippen molar-refractivity contribution in [2.75, 3.05) is 33.2 Å². The number of hydrogen-bond donors (Lipinski definition) is 1. The van der Waals surface area contributed by atoms with Crippen molar-refractivity contribution in [3.63, 3.8) is 0 Å². The number of nitrogens with two attached hydrogens (primary N) is 1. The normalized spacial score (nSPS) is 32.0. The Kier molecular flexibility index (Phi) is 4.85. The molecule has 1 aliphatic carbocycles. The van der Waals surface area contributed by atoms with E-state index < -0.39 is 0 Å². The Hall–Kier alpha value is -0.610. The molecule has 2 atom stereocenters. The van der Waals surface area contributed by atoms with Crippen molar-refractivity contribution in [2.24, 2.45) is 11.7 Å². The second-order valence-corrected chi connectivity index (χ2v) is 6.57. The van der Waals surface area contributed by atoms with Crippen LogP contribution in [0.1, 0.15) is 45.4 Å². The summed E-state index contributed by atoms with van der Waals surface area (Å²) in [5, 5.41) is 0. The van der Waals surface area contributed by atoms with Gasteiger partial charge in [-0.3, -0.25) is 9.69 Å². The summed E-state index contributed by atoms with van der Waals surface area (Å²) in [5.41, 5.74) is 6.11. The Balaban J connectivity index is 1.95. The predicted molar refractivity (Wildman–Crippen MR) is 77.9 cm³/mol. The maximum absolute atomic E-state index is 12.3. The molecule has 2 N–H and O–H groups in total. The second-order valence-electron chi connectivity index (χ2n) is 6.57. The minimum Gasteiger partial charge on any atom is -0.342 e. The van der Waals surface area contributed by atoms with E-state index in [1.54, 1.807) is 0 Å². The molecule has 0 aromatic heterocycles. The molecule has 1 heterocycles. The van der Waals surface area contributed by atoms with E-state index in [9.17, 15) is 4.79 Å². The van der Waals surface area contributed by atoms with Crippen molar-refractivity contribution >= 4 is 5.91 Å². The number of nitrogens with zero attached hydrogens (tertiary/aromatic N) is 2. The maximum atomic E-state index is 12.3. The number of carbonyl (C=O) groups is 1. The fourth-order valence-electron chi connectivity index (χ4n) is 3.76. The molecule has 0 radical (unpaired) electrons. The molecule has 0 spiro atoms. The topological polar surface area (TPSA) is 49.6 Å². The zero-order valence-corrected chi connectivity index (χ0v) is 12.5. The summed E-state index contributed by atoms with van der Waals surface area (Å²) in [7, 11) is 2.08. The van der Waals surface area contributed by atoms with E-state index in [4.69, 9.17) is 5.73 Å². The molecule has 1 saturated carbocycles. The molecule has 1 amide bonds. The summed E-state index contributed by atoms with van der Waals surface area (Å²) < 4.78 is 0. The lowest BCUT2D eigenvalue weighted by molar-refractivity contribution is -0.133. The first kappa shape index (κ1) is 14.8. The molecule has 0 aromatic rings. The number of rotatable bonds is 4. The molecular formula is C15H29N3O. The number of hydrogen-bond acceptors (Lipinski definition) is 3. The van der Waals surface area contributed by atoms with Gasteiger partial charge in [-0.15, -0.1) is 0 Å². The summed E-state index contributed by atoms with van der Waals surface area (Å²) in [6, 6.07) is 0. The van der Waals surface area contributed by atoms with Gasteiger partial charge in [-0.1, -0.05) is 19.8 Å². The minimum absolute atomic E-state index is 0.0487. The average molecular weight is 267 g/mol. The van der Waals surface area contributed by atoms with Crippen LogP contribution in [-0.4, -0.2) is 54.5 Å². The van der Waals surface area contributed by atoms with Crippen LogP contribution in [0.25, 0.3) is 0 Å². The van der Waals surface area contributed by atoms with Gasteiger partial charge in [0.15, 0.2) is 0 Å². The first-order chi connectivity index (χ1) is 9.07. The van der Waals surface area contributed by atoms with Crippen LogP contribution in [0, 0.1) is 5.92 Å². The molecule has 0 aromatic carbocycles. The highest BCUT2D eigenvalue weighted by molar-refractivity contribution is 5.78. The van der Waals surface area contributed by atoms with Gasteiger partial charge in [0.2, 0.25) is 5.91 Å². The van der Waals surface area contributed by atoms with E-state index in [-0.39, 0.29) is 11.4 Å². The Morgan fingerprint density at radius 2 is 2.05 bits per heavy atom. The van der Waals surface area contributed by atoms with E-state index in [2.05, 4.69) is 18.9 Å². The summed E-state index contributed by atoms with van der Waals surface area (Å²) in [4.78, 5) is 16.5. The van der Waals surface area contributed by atoms with Crippen LogP contribution in [-0.2, 0) is 4.79 Å². The van der Waals surface area contributed by atoms with E-state index in [1.165, 1.54) is 12.8 Å². The van der Waals surface area contributed by atoms with Gasteiger partial charge in [-0.2, -0.15) is 0 Å². The van der Waals surface area contributed by atoms with E-state index >= 15 is 0 Å². The summed E-state index contributed by atoms with van der Waals surface area (Å²) in [6.45, 7) is 5.39. The van der Waals surface area contributed by atoms with Crippen molar-refractivity contribution in [1.29, 1.82) is 0 Å². The van der Waals surface area contributed by atoms with Gasteiger partial charge in [0, 0.05) is 25.2 Å². The number of carbonyl (C=O) groups excluding carboxylic acids is 1. The van der Waals surface area contributed by atoms with Gasteiger partial charge in [0.1, 0.15) is 0 Å². The lowest BCUT2D eigenvalue weighted by atomic mass is 9.75. The van der Waals surface area contributed by atoms with Crippen LogP contribution in [0.2, 0.25) is 0 Å². The fourth-order valence-corrected chi connectivity index (χ4v) is 3.76. The van der Waals surface area contributed by atoms with Crippen molar-refractivity contribution in [2.45, 2.75) is 51.0 Å². The van der Waals surface area contributed by atoms with Crippen LogP contribution in [0.5, 0.6) is 0 Å². The Morgan fingerprint density at radius 1 is 1.37 bits per heavy atom. The van der Waals surface area contributed by atoms with Gasteiger partial charge in [-0.05, 0) is 38.6 Å². The molecule has 2 unspecified atom stereocenters. The van der Waals surface area contributed by atoms with Crippen LogP contribution < -0.4 is 5.73 Å². The van der Waals surface area contributed by atoms with Gasteiger partial charge in [0.25, 0.3) is 0 Å². The van der Waals surface area contributed by atoms with Crippen LogP contribution in [0.3, 0.4) is 0 Å². The molecule has 4 nitrogen and oxygen atoms in total. The maximum Gasteiger partial charge on any atom is 0.236 e. The minimum atomic E-state index is 0.0487. The number of likely N-dealkylation sites (N-methyl/N-ethyl adjacent to an activating group) is 1. The molecule has 2 fully saturated rings. The van der Waals surface area contributed by atoms with Gasteiger partial charge in [-0.25, -0.2) is 0 Å². The Bertz CT molecular complexity index is 315. The number of likely N-dealkylation sites (tertiary alicyclic amines) is 1. The monoisotopic (exact) mass is 267 g/mol. The summed E-state index contributed by atoms with van der Waals surface area (Å²) in [6.07, 6.45) is 7.13. The highest BCUT2D eigenvalue weighted by Crippen LogP contribution is 2.35. The van der Waals surface area contributed by atoms with Gasteiger partial charge in [0.05, 0.1) is 6.54 Å². The SMILES string of the molecule is CC1CCCC(CN)(N(C)CC(=O)N2CCCC2)C1. The third-order valence-electron chi connectivity index (χ3n) is 5.09. The number of amides is 1. The highest BCUT2D eigenvalue weighted by atomic mass is 16.2. The van der Waals surface area contributed by atoms with Crippen LogP contribution in [0.15, 0.2) is 0 Å². The van der Waals surface area contributed by atoms with Gasteiger partial charge >= 0.3 is 0 Å². The third-order valence-corrected chi connectivity index (χ3v) is 5.09.